The van der Waals surface area contributed by atoms with Crippen LogP contribution in [0.1, 0.15) is 45.4 Å². The summed E-state index contributed by atoms with van der Waals surface area (Å²) in [5.41, 5.74) is 2.48. The van der Waals surface area contributed by atoms with Crippen molar-refractivity contribution in [3.63, 3.8) is 0 Å². The summed E-state index contributed by atoms with van der Waals surface area (Å²) in [5.74, 6) is 7.41. The van der Waals surface area contributed by atoms with Crippen LogP contribution < -0.4 is 16.6 Å². The fraction of sp³-hybridized carbons (Fsp3) is 0.692. The van der Waals surface area contributed by atoms with Gasteiger partial charge in [0.2, 0.25) is 5.95 Å². The van der Waals surface area contributed by atoms with Crippen LogP contribution in [0.2, 0.25) is 0 Å². The van der Waals surface area contributed by atoms with Gasteiger partial charge < -0.3 is 5.32 Å². The lowest BCUT2D eigenvalue weighted by atomic mass is 9.83. The van der Waals surface area contributed by atoms with E-state index >= 15 is 0 Å². The third-order valence-electron chi connectivity index (χ3n) is 3.78. The van der Waals surface area contributed by atoms with Gasteiger partial charge in [-0.05, 0) is 31.2 Å². The van der Waals surface area contributed by atoms with Gasteiger partial charge in [-0.25, -0.2) is 10.8 Å². The van der Waals surface area contributed by atoms with Gasteiger partial charge in [-0.2, -0.15) is 4.98 Å². The van der Waals surface area contributed by atoms with E-state index in [0.29, 0.717) is 12.0 Å². The summed E-state index contributed by atoms with van der Waals surface area (Å²) in [6.07, 6.45) is 9.63. The standard InChI is InChI=1S/C13H23N5/c1-2-11(10-6-4-3-5-7-10)16-12-8-9-15-13(17-12)18-14/h8-11H,2-7,14H2,1H3,(H2,15,16,17,18). The van der Waals surface area contributed by atoms with Gasteiger partial charge in [-0.3, -0.25) is 5.43 Å². The number of aromatic nitrogens is 2. The molecule has 0 bridgehead atoms. The van der Waals surface area contributed by atoms with Crippen molar-refractivity contribution in [2.75, 3.05) is 10.7 Å². The summed E-state index contributed by atoms with van der Waals surface area (Å²) >= 11 is 0. The number of hydrogen-bond donors (Lipinski definition) is 3. The molecule has 1 saturated carbocycles. The average molecular weight is 249 g/mol. The van der Waals surface area contributed by atoms with Gasteiger partial charge >= 0.3 is 0 Å². The Bertz CT molecular complexity index is 362. The van der Waals surface area contributed by atoms with Gasteiger partial charge in [-0.1, -0.05) is 26.2 Å². The molecule has 1 atom stereocenters. The molecule has 0 aromatic carbocycles. The molecule has 0 spiro atoms. The molecule has 5 heteroatoms. The van der Waals surface area contributed by atoms with E-state index in [1.807, 2.05) is 6.07 Å². The molecule has 1 aliphatic rings. The molecule has 0 radical (unpaired) electrons. The summed E-state index contributed by atoms with van der Waals surface area (Å²) in [7, 11) is 0. The van der Waals surface area contributed by atoms with Crippen LogP contribution in [0.5, 0.6) is 0 Å². The van der Waals surface area contributed by atoms with Crippen molar-refractivity contribution in [2.45, 2.75) is 51.5 Å². The summed E-state index contributed by atoms with van der Waals surface area (Å²) in [4.78, 5) is 8.33. The summed E-state index contributed by atoms with van der Waals surface area (Å²) in [6.45, 7) is 2.23. The number of hydrazine groups is 1. The first-order chi connectivity index (χ1) is 8.83. The molecule has 18 heavy (non-hydrogen) atoms. The van der Waals surface area contributed by atoms with Crippen molar-refractivity contribution >= 4 is 11.8 Å². The van der Waals surface area contributed by atoms with Crippen LogP contribution in [-0.4, -0.2) is 16.0 Å². The van der Waals surface area contributed by atoms with Crippen molar-refractivity contribution in [2.24, 2.45) is 11.8 Å². The molecule has 1 aliphatic carbocycles. The highest BCUT2D eigenvalue weighted by Gasteiger charge is 2.22. The number of nitrogens with one attached hydrogen (secondary N) is 2. The van der Waals surface area contributed by atoms with Crippen LogP contribution in [0.15, 0.2) is 12.3 Å². The van der Waals surface area contributed by atoms with Crippen LogP contribution >= 0.6 is 0 Å². The van der Waals surface area contributed by atoms with E-state index in [1.54, 1.807) is 6.20 Å². The Morgan fingerprint density at radius 1 is 1.39 bits per heavy atom. The average Bonchev–Trinajstić information content (AvgIpc) is 2.46. The Balaban J connectivity index is 1.99. The Morgan fingerprint density at radius 3 is 2.83 bits per heavy atom. The first kappa shape index (κ1) is 13.1. The van der Waals surface area contributed by atoms with E-state index in [4.69, 9.17) is 5.84 Å². The monoisotopic (exact) mass is 249 g/mol. The largest absolute Gasteiger partial charge is 0.367 e. The number of nitrogen functional groups attached to an aromatic ring is 1. The second-order valence-corrected chi connectivity index (χ2v) is 4.97. The molecule has 0 amide bonds. The van der Waals surface area contributed by atoms with Crippen molar-refractivity contribution in [1.82, 2.24) is 9.97 Å². The SMILES string of the molecule is CCC(Nc1ccnc(NN)n1)C1CCCCC1. The molecule has 1 aromatic rings. The number of rotatable bonds is 5. The Kier molecular flexibility index (Phi) is 4.75. The molecule has 0 aliphatic heterocycles. The minimum absolute atomic E-state index is 0.457. The summed E-state index contributed by atoms with van der Waals surface area (Å²) < 4.78 is 0. The van der Waals surface area contributed by atoms with Crippen molar-refractivity contribution < 1.29 is 0 Å². The minimum Gasteiger partial charge on any atom is -0.367 e. The lowest BCUT2D eigenvalue weighted by Gasteiger charge is -2.30. The predicted octanol–water partition coefficient (Wildman–Crippen LogP) is 2.53. The van der Waals surface area contributed by atoms with Gasteiger partial charge in [0.25, 0.3) is 0 Å². The van der Waals surface area contributed by atoms with Crippen LogP contribution in [0.3, 0.4) is 0 Å². The summed E-state index contributed by atoms with van der Waals surface area (Å²) in [6, 6.07) is 2.40. The van der Waals surface area contributed by atoms with Crippen LogP contribution in [-0.2, 0) is 0 Å². The third-order valence-corrected chi connectivity index (χ3v) is 3.78. The maximum atomic E-state index is 5.32. The zero-order valence-electron chi connectivity index (χ0n) is 11.0. The third kappa shape index (κ3) is 3.32. The van der Waals surface area contributed by atoms with E-state index < -0.39 is 0 Å². The second-order valence-electron chi connectivity index (χ2n) is 4.97. The van der Waals surface area contributed by atoms with Gasteiger partial charge in [0, 0.05) is 12.2 Å². The quantitative estimate of drug-likeness (QED) is 0.552. The lowest BCUT2D eigenvalue weighted by molar-refractivity contribution is 0.312. The predicted molar refractivity (Wildman–Crippen MR) is 74.1 cm³/mol. The smallest absolute Gasteiger partial charge is 0.239 e. The van der Waals surface area contributed by atoms with Gasteiger partial charge in [0.05, 0.1) is 0 Å². The van der Waals surface area contributed by atoms with Gasteiger partial charge in [0.1, 0.15) is 5.82 Å². The fourth-order valence-corrected chi connectivity index (χ4v) is 2.79. The number of nitrogens with zero attached hydrogens (tertiary/aromatic N) is 2. The van der Waals surface area contributed by atoms with Crippen LogP contribution in [0.4, 0.5) is 11.8 Å². The summed E-state index contributed by atoms with van der Waals surface area (Å²) in [5, 5.41) is 3.53. The highest BCUT2D eigenvalue weighted by Crippen LogP contribution is 2.29. The first-order valence-electron chi connectivity index (χ1n) is 6.89. The topological polar surface area (TPSA) is 75.9 Å². The first-order valence-corrected chi connectivity index (χ1v) is 6.89. The second kappa shape index (κ2) is 6.54. The zero-order valence-corrected chi connectivity index (χ0v) is 11.0. The maximum absolute atomic E-state index is 5.32. The Hall–Kier alpha value is -1.36. The van der Waals surface area contributed by atoms with Crippen LogP contribution in [0.25, 0.3) is 0 Å². The highest BCUT2D eigenvalue weighted by molar-refractivity contribution is 5.39. The minimum atomic E-state index is 0.457. The molecule has 2 rings (SSSR count). The van der Waals surface area contributed by atoms with Crippen LogP contribution in [0, 0.1) is 5.92 Å². The molecule has 100 valence electrons. The maximum Gasteiger partial charge on any atom is 0.239 e. The van der Waals surface area contributed by atoms with E-state index in [-0.39, 0.29) is 0 Å². The van der Waals surface area contributed by atoms with Gasteiger partial charge in [-0.15, -0.1) is 0 Å². The number of nitrogens with two attached hydrogens (primary N) is 1. The normalized spacial score (nSPS) is 18.3. The number of hydrogen-bond acceptors (Lipinski definition) is 5. The van der Waals surface area contributed by atoms with E-state index in [0.717, 1.165) is 18.2 Å². The molecule has 4 N–H and O–H groups in total. The molecule has 1 unspecified atom stereocenters. The fourth-order valence-electron chi connectivity index (χ4n) is 2.79. The zero-order chi connectivity index (χ0) is 12.8. The Morgan fingerprint density at radius 2 is 2.17 bits per heavy atom. The molecule has 1 heterocycles. The van der Waals surface area contributed by atoms with Gasteiger partial charge in [0.15, 0.2) is 0 Å². The lowest BCUT2D eigenvalue weighted by Crippen LogP contribution is -2.30. The van der Waals surface area contributed by atoms with E-state index in [1.165, 1.54) is 32.1 Å². The molecular formula is C13H23N5. The van der Waals surface area contributed by atoms with Crippen molar-refractivity contribution in [3.05, 3.63) is 12.3 Å². The Labute approximate surface area is 109 Å². The van der Waals surface area contributed by atoms with Crippen molar-refractivity contribution in [3.8, 4) is 0 Å². The molecule has 0 saturated heterocycles. The molecule has 5 nitrogen and oxygen atoms in total. The van der Waals surface area contributed by atoms with E-state index in [2.05, 4.69) is 27.6 Å². The van der Waals surface area contributed by atoms with E-state index in [9.17, 15) is 0 Å². The number of anilines is 2. The molecule has 1 aromatic heterocycles. The highest BCUT2D eigenvalue weighted by atomic mass is 15.3. The van der Waals surface area contributed by atoms with Crippen molar-refractivity contribution in [1.29, 1.82) is 0 Å². The molecular weight excluding hydrogens is 226 g/mol. The molecule has 1 fully saturated rings.